The van der Waals surface area contributed by atoms with Gasteiger partial charge in [0.2, 0.25) is 0 Å². The van der Waals surface area contributed by atoms with Crippen LogP contribution in [0.3, 0.4) is 0 Å². The van der Waals surface area contributed by atoms with Crippen LogP contribution >= 0.6 is 0 Å². The fourth-order valence-corrected chi connectivity index (χ4v) is 1.90. The topological polar surface area (TPSA) is 68.7 Å². The van der Waals surface area contributed by atoms with E-state index in [1.54, 1.807) is 26.5 Å². The molecule has 0 amide bonds. The molecule has 0 aliphatic rings. The van der Waals surface area contributed by atoms with Crippen molar-refractivity contribution in [2.24, 2.45) is 0 Å². The number of carbonyl (C=O) groups is 1. The minimum Gasteiger partial charge on any atom is -0.540 e. The second-order valence-corrected chi connectivity index (χ2v) is 5.10. The number of nitrogens with zero attached hydrogens (tertiary/aromatic N) is 1. The van der Waals surface area contributed by atoms with E-state index in [1.165, 1.54) is 19.9 Å². The smallest absolute Gasteiger partial charge is 0.155 e. The number of ether oxygens (including phenoxy) is 2. The summed E-state index contributed by atoms with van der Waals surface area (Å²) in [4.78, 5) is 14.3. The predicted octanol–water partition coefficient (Wildman–Crippen LogP) is 3.91. The molecule has 138 valence electrons. The number of aliphatic hydroxyl groups is 1. The molecule has 1 heterocycles. The molecule has 0 saturated carbocycles. The molecule has 0 saturated heterocycles. The molecular weight excluding hydrogens is 501 g/mol. The van der Waals surface area contributed by atoms with E-state index in [0.29, 0.717) is 5.75 Å². The Morgan fingerprint density at radius 1 is 1.24 bits per heavy atom. The van der Waals surface area contributed by atoms with Gasteiger partial charge < -0.3 is 19.6 Å². The molecule has 0 bridgehead atoms. The second-order valence-electron chi connectivity index (χ2n) is 5.10. The summed E-state index contributed by atoms with van der Waals surface area (Å²) in [5.41, 5.74) is 2.85. The number of hydrogen-bond donors (Lipinski definition) is 1. The van der Waals surface area contributed by atoms with Crippen molar-refractivity contribution in [2.75, 3.05) is 14.2 Å². The molecule has 5 nitrogen and oxygen atoms in total. The van der Waals surface area contributed by atoms with E-state index in [2.05, 4.69) is 11.1 Å². The number of carbonyl (C=O) groups excluding carboxylic acids is 1. The van der Waals surface area contributed by atoms with Gasteiger partial charge in [-0.1, -0.05) is 23.3 Å². The zero-order valence-electron chi connectivity index (χ0n) is 14.9. The first kappa shape index (κ1) is 22.9. The van der Waals surface area contributed by atoms with Crippen molar-refractivity contribution in [3.63, 3.8) is 0 Å². The first-order valence-corrected chi connectivity index (χ1v) is 7.32. The summed E-state index contributed by atoms with van der Waals surface area (Å²) in [5, 5.41) is 8.36. The first-order chi connectivity index (χ1) is 11.4. The van der Waals surface area contributed by atoms with Crippen molar-refractivity contribution < 1.29 is 40.4 Å². The van der Waals surface area contributed by atoms with E-state index >= 15 is 0 Å². The molecule has 6 heteroatoms. The van der Waals surface area contributed by atoms with Crippen molar-refractivity contribution in [1.29, 1.82) is 0 Å². The Morgan fingerprint density at radius 3 is 2.36 bits per heavy atom. The van der Waals surface area contributed by atoms with Gasteiger partial charge in [-0.15, -0.1) is 12.1 Å². The van der Waals surface area contributed by atoms with Crippen LogP contribution < -0.4 is 9.47 Å². The van der Waals surface area contributed by atoms with E-state index in [0.717, 1.165) is 22.6 Å². The molecule has 0 spiro atoms. The fourth-order valence-electron chi connectivity index (χ4n) is 1.90. The van der Waals surface area contributed by atoms with Crippen molar-refractivity contribution in [2.45, 2.75) is 20.8 Å². The minimum absolute atomic E-state index is 0. The number of rotatable bonds is 4. The number of aryl methyl sites for hydroxylation is 1. The molecule has 0 unspecified atom stereocenters. The monoisotopic (exact) mass is 523 g/mol. The van der Waals surface area contributed by atoms with Crippen LogP contribution in [0.5, 0.6) is 11.5 Å². The van der Waals surface area contributed by atoms with E-state index in [4.69, 9.17) is 14.6 Å². The van der Waals surface area contributed by atoms with Crippen LogP contribution in [0.15, 0.2) is 42.3 Å². The number of aromatic nitrogens is 1. The van der Waals surface area contributed by atoms with Crippen LogP contribution in [0.2, 0.25) is 0 Å². The summed E-state index contributed by atoms with van der Waals surface area (Å²) in [7, 11) is 3.25. The van der Waals surface area contributed by atoms with Crippen molar-refractivity contribution >= 4 is 5.78 Å². The summed E-state index contributed by atoms with van der Waals surface area (Å²) in [6.45, 7) is 4.88. The summed E-state index contributed by atoms with van der Waals surface area (Å²) in [6.07, 6.45) is 2.95. The Bertz CT molecular complexity index is 725. The van der Waals surface area contributed by atoms with Gasteiger partial charge in [0.1, 0.15) is 0 Å². The SMILES string of the molecule is CC(=O)/C=C(/C)O.COc1c[c-]c(-c2cc(C)ccn2)c(OC)c1.[Pt]. The van der Waals surface area contributed by atoms with Crippen molar-refractivity contribution in [1.82, 2.24) is 4.98 Å². The third kappa shape index (κ3) is 7.99. The standard InChI is InChI=1S/C14H14NO2.C5H8O2.Pt/c1-10-6-7-15-13(8-10)12-5-4-11(16-2)9-14(12)17-3;1-4(6)3-5(2)7;/h4,6-9H,1-3H3;3,6H,1-2H3;/q-1;;/b;4-3-;. The van der Waals surface area contributed by atoms with Crippen molar-refractivity contribution in [3.8, 4) is 22.8 Å². The Balaban J connectivity index is 0.000000620. The summed E-state index contributed by atoms with van der Waals surface area (Å²) in [5.74, 6) is 1.37. The van der Waals surface area contributed by atoms with Gasteiger partial charge in [0.25, 0.3) is 0 Å². The number of ketones is 1. The molecule has 25 heavy (non-hydrogen) atoms. The van der Waals surface area contributed by atoms with Gasteiger partial charge in [0.15, 0.2) is 5.78 Å². The first-order valence-electron chi connectivity index (χ1n) is 7.32. The zero-order chi connectivity index (χ0) is 18.1. The molecule has 0 aliphatic heterocycles. The Labute approximate surface area is 163 Å². The van der Waals surface area contributed by atoms with Crippen LogP contribution in [0.25, 0.3) is 11.3 Å². The number of allylic oxidation sites excluding steroid dienone is 2. The predicted molar refractivity (Wildman–Crippen MR) is 93.4 cm³/mol. The van der Waals surface area contributed by atoms with Crippen LogP contribution in [-0.2, 0) is 25.9 Å². The second kappa shape index (κ2) is 11.4. The van der Waals surface area contributed by atoms with Gasteiger partial charge >= 0.3 is 0 Å². The van der Waals surface area contributed by atoms with Crippen LogP contribution in [0.4, 0.5) is 0 Å². The van der Waals surface area contributed by atoms with Gasteiger partial charge in [-0.05, 0) is 32.5 Å². The third-order valence-electron chi connectivity index (χ3n) is 2.92. The number of pyridine rings is 1. The van der Waals surface area contributed by atoms with Gasteiger partial charge in [0.05, 0.1) is 20.0 Å². The maximum Gasteiger partial charge on any atom is 0.155 e. The zero-order valence-corrected chi connectivity index (χ0v) is 17.2. The average Bonchev–Trinajstić information content (AvgIpc) is 2.53. The Morgan fingerprint density at radius 2 is 1.92 bits per heavy atom. The molecular formula is C19H22NO4Pt-. The van der Waals surface area contributed by atoms with Crippen LogP contribution in [-0.4, -0.2) is 30.1 Å². The molecule has 2 rings (SSSR count). The summed E-state index contributed by atoms with van der Waals surface area (Å²) < 4.78 is 10.5. The normalized spacial score (nSPS) is 10.0. The van der Waals surface area contributed by atoms with Gasteiger partial charge in [-0.25, -0.2) is 0 Å². The quantitative estimate of drug-likeness (QED) is 0.374. The molecule has 0 aliphatic carbocycles. The van der Waals surface area contributed by atoms with Crippen LogP contribution in [0, 0.1) is 13.0 Å². The van der Waals surface area contributed by atoms with Crippen molar-refractivity contribution in [3.05, 3.63) is 53.9 Å². The van der Waals surface area contributed by atoms with Gasteiger partial charge in [-0.2, -0.15) is 0 Å². The summed E-state index contributed by atoms with van der Waals surface area (Å²) >= 11 is 0. The maximum absolute atomic E-state index is 10.0. The van der Waals surface area contributed by atoms with Crippen LogP contribution in [0.1, 0.15) is 19.4 Å². The Kier molecular flexibility index (Phi) is 10.5. The Hall–Kier alpha value is -2.13. The molecule has 0 atom stereocenters. The van der Waals surface area contributed by atoms with Gasteiger partial charge in [-0.3, -0.25) is 4.79 Å². The molecule has 1 aromatic carbocycles. The number of hydrogen-bond acceptors (Lipinski definition) is 5. The van der Waals surface area contributed by atoms with Gasteiger partial charge in [0, 0.05) is 44.8 Å². The van der Waals surface area contributed by atoms with E-state index in [-0.39, 0.29) is 32.6 Å². The van der Waals surface area contributed by atoms with E-state index in [9.17, 15) is 4.79 Å². The molecule has 0 radical (unpaired) electrons. The number of benzene rings is 1. The largest absolute Gasteiger partial charge is 0.540 e. The molecule has 0 fully saturated rings. The summed E-state index contributed by atoms with van der Waals surface area (Å²) in [6, 6.07) is 10.7. The molecule has 2 aromatic rings. The number of methoxy groups -OCH3 is 2. The number of aliphatic hydroxyl groups excluding tert-OH is 1. The average molecular weight is 523 g/mol. The maximum atomic E-state index is 10.0. The molecule has 1 N–H and O–H groups in total. The third-order valence-corrected chi connectivity index (χ3v) is 2.92. The van der Waals surface area contributed by atoms with E-state index in [1.807, 2.05) is 25.1 Å². The fraction of sp³-hybridized carbons (Fsp3) is 0.263. The van der Waals surface area contributed by atoms with E-state index < -0.39 is 0 Å². The molecule has 1 aromatic heterocycles. The minimum atomic E-state index is -0.125.